The second-order valence-corrected chi connectivity index (χ2v) is 6.95. The summed E-state index contributed by atoms with van der Waals surface area (Å²) in [6, 6.07) is 9.01. The first-order valence-corrected chi connectivity index (χ1v) is 9.13. The Bertz CT molecular complexity index is 538. The third-order valence-electron chi connectivity index (χ3n) is 5.32. The van der Waals surface area contributed by atoms with Crippen LogP contribution in [0.4, 0.5) is 10.5 Å². The van der Waals surface area contributed by atoms with Crippen molar-refractivity contribution in [1.29, 1.82) is 0 Å². The van der Waals surface area contributed by atoms with Gasteiger partial charge in [0.1, 0.15) is 5.75 Å². The number of urea groups is 1. The molecule has 132 valence electrons. The lowest BCUT2D eigenvalue weighted by molar-refractivity contribution is 0.153. The first-order valence-electron chi connectivity index (χ1n) is 9.13. The average Bonchev–Trinajstić information content (AvgIpc) is 2.63. The normalized spacial score (nSPS) is 22.3. The highest BCUT2D eigenvalue weighted by atomic mass is 16.5. The summed E-state index contributed by atoms with van der Waals surface area (Å²) in [5.74, 6) is 0.886. The standard InChI is InChI=1S/C19H29N3O2/c1-15-5-3-4-12-22(15)19(23)20-16-10-13-21(14-11-16)17-6-8-18(24-2)9-7-17/h6-9,15-16H,3-5,10-14H2,1-2H3,(H,20,23)/t15-/m1/s1. The molecule has 5 heteroatoms. The van der Waals surface area contributed by atoms with Crippen molar-refractivity contribution in [3.63, 3.8) is 0 Å². The summed E-state index contributed by atoms with van der Waals surface area (Å²) in [6.07, 6.45) is 5.50. The number of carbonyl (C=O) groups excluding carboxylic acids is 1. The molecule has 1 atom stereocenters. The van der Waals surface area contributed by atoms with Gasteiger partial charge in [-0.25, -0.2) is 4.79 Å². The number of ether oxygens (including phenoxy) is 1. The third kappa shape index (κ3) is 3.94. The fraction of sp³-hybridized carbons (Fsp3) is 0.632. The summed E-state index contributed by atoms with van der Waals surface area (Å²) in [6.45, 7) is 5.02. The van der Waals surface area contributed by atoms with E-state index in [0.717, 1.165) is 51.1 Å². The molecule has 2 aliphatic heterocycles. The number of likely N-dealkylation sites (tertiary alicyclic amines) is 1. The second-order valence-electron chi connectivity index (χ2n) is 6.95. The number of nitrogens with one attached hydrogen (secondary N) is 1. The molecule has 24 heavy (non-hydrogen) atoms. The van der Waals surface area contributed by atoms with Crippen molar-refractivity contribution in [1.82, 2.24) is 10.2 Å². The Morgan fingerprint density at radius 1 is 1.08 bits per heavy atom. The number of rotatable bonds is 3. The molecule has 3 rings (SSSR count). The van der Waals surface area contributed by atoms with Gasteiger partial charge in [0, 0.05) is 37.4 Å². The highest BCUT2D eigenvalue weighted by Gasteiger charge is 2.26. The van der Waals surface area contributed by atoms with E-state index >= 15 is 0 Å². The average molecular weight is 331 g/mol. The van der Waals surface area contributed by atoms with E-state index in [1.165, 1.54) is 12.1 Å². The maximum atomic E-state index is 12.5. The number of nitrogens with zero attached hydrogens (tertiary/aromatic N) is 2. The zero-order chi connectivity index (χ0) is 16.9. The predicted octanol–water partition coefficient (Wildman–Crippen LogP) is 3.25. The van der Waals surface area contributed by atoms with Crippen LogP contribution in [0.25, 0.3) is 0 Å². The number of carbonyl (C=O) groups is 1. The van der Waals surface area contributed by atoms with E-state index < -0.39 is 0 Å². The maximum absolute atomic E-state index is 12.5. The predicted molar refractivity (Wildman–Crippen MR) is 96.8 cm³/mol. The quantitative estimate of drug-likeness (QED) is 0.925. The van der Waals surface area contributed by atoms with Crippen LogP contribution in [0.3, 0.4) is 0 Å². The monoisotopic (exact) mass is 331 g/mol. The molecule has 2 heterocycles. The second kappa shape index (κ2) is 7.77. The minimum absolute atomic E-state index is 0.130. The van der Waals surface area contributed by atoms with Crippen molar-refractivity contribution in [2.45, 2.75) is 51.1 Å². The van der Waals surface area contributed by atoms with Crippen molar-refractivity contribution in [2.24, 2.45) is 0 Å². The Kier molecular flexibility index (Phi) is 5.48. The lowest BCUT2D eigenvalue weighted by Gasteiger charge is -2.37. The minimum atomic E-state index is 0.130. The molecule has 1 aromatic carbocycles. The molecular formula is C19H29N3O2. The molecule has 2 saturated heterocycles. The molecule has 2 aliphatic rings. The van der Waals surface area contributed by atoms with E-state index in [1.54, 1.807) is 7.11 Å². The van der Waals surface area contributed by atoms with Crippen molar-refractivity contribution in [3.8, 4) is 5.75 Å². The van der Waals surface area contributed by atoms with Gasteiger partial charge < -0.3 is 19.9 Å². The Hall–Kier alpha value is -1.91. The van der Waals surface area contributed by atoms with E-state index in [4.69, 9.17) is 4.74 Å². The smallest absolute Gasteiger partial charge is 0.317 e. The summed E-state index contributed by atoms with van der Waals surface area (Å²) in [7, 11) is 1.69. The Morgan fingerprint density at radius 3 is 2.42 bits per heavy atom. The molecule has 0 aliphatic carbocycles. The van der Waals surface area contributed by atoms with Crippen LogP contribution < -0.4 is 15.0 Å². The van der Waals surface area contributed by atoms with Crippen LogP contribution in [0.15, 0.2) is 24.3 Å². The van der Waals surface area contributed by atoms with Gasteiger partial charge in [0.25, 0.3) is 0 Å². The van der Waals surface area contributed by atoms with Crippen molar-refractivity contribution in [3.05, 3.63) is 24.3 Å². The van der Waals surface area contributed by atoms with Gasteiger partial charge in [0.05, 0.1) is 7.11 Å². The number of benzene rings is 1. The van der Waals surface area contributed by atoms with Gasteiger partial charge in [-0.3, -0.25) is 0 Å². The number of hydrogen-bond donors (Lipinski definition) is 1. The lowest BCUT2D eigenvalue weighted by atomic mass is 10.0. The van der Waals surface area contributed by atoms with Gasteiger partial charge in [-0.2, -0.15) is 0 Å². The molecule has 0 aromatic heterocycles. The maximum Gasteiger partial charge on any atom is 0.317 e. The van der Waals surface area contributed by atoms with Gasteiger partial charge in [0.2, 0.25) is 0 Å². The van der Waals surface area contributed by atoms with Crippen LogP contribution in [0.5, 0.6) is 5.75 Å². The Morgan fingerprint density at radius 2 is 1.79 bits per heavy atom. The van der Waals surface area contributed by atoms with Gasteiger partial charge in [-0.05, 0) is 63.3 Å². The van der Waals surface area contributed by atoms with Gasteiger partial charge in [0.15, 0.2) is 0 Å². The van der Waals surface area contributed by atoms with Crippen LogP contribution >= 0.6 is 0 Å². The minimum Gasteiger partial charge on any atom is -0.497 e. The molecular weight excluding hydrogens is 302 g/mol. The fourth-order valence-electron chi connectivity index (χ4n) is 3.73. The molecule has 2 amide bonds. The lowest BCUT2D eigenvalue weighted by Crippen LogP contribution is -2.52. The van der Waals surface area contributed by atoms with E-state index in [0.29, 0.717) is 12.1 Å². The zero-order valence-electron chi connectivity index (χ0n) is 14.8. The topological polar surface area (TPSA) is 44.8 Å². The third-order valence-corrected chi connectivity index (χ3v) is 5.32. The first kappa shape index (κ1) is 16.9. The molecule has 0 saturated carbocycles. The molecule has 0 bridgehead atoms. The van der Waals surface area contributed by atoms with E-state index in [9.17, 15) is 4.79 Å². The van der Waals surface area contributed by atoms with Gasteiger partial charge >= 0.3 is 6.03 Å². The van der Waals surface area contributed by atoms with Crippen LogP contribution in [-0.4, -0.2) is 49.8 Å². The largest absolute Gasteiger partial charge is 0.497 e. The van der Waals surface area contributed by atoms with Crippen molar-refractivity contribution in [2.75, 3.05) is 31.6 Å². The number of anilines is 1. The highest BCUT2D eigenvalue weighted by molar-refractivity contribution is 5.75. The number of methoxy groups -OCH3 is 1. The van der Waals surface area contributed by atoms with Crippen LogP contribution in [0, 0.1) is 0 Å². The van der Waals surface area contributed by atoms with E-state index in [-0.39, 0.29) is 6.03 Å². The molecule has 0 unspecified atom stereocenters. The summed E-state index contributed by atoms with van der Waals surface area (Å²) < 4.78 is 5.21. The van der Waals surface area contributed by atoms with Crippen molar-refractivity contribution >= 4 is 11.7 Å². The first-order chi connectivity index (χ1) is 11.7. The zero-order valence-corrected chi connectivity index (χ0v) is 14.8. The number of hydrogen-bond acceptors (Lipinski definition) is 3. The molecule has 2 fully saturated rings. The fourth-order valence-corrected chi connectivity index (χ4v) is 3.73. The molecule has 1 N–H and O–H groups in total. The van der Waals surface area contributed by atoms with Gasteiger partial charge in [-0.1, -0.05) is 0 Å². The van der Waals surface area contributed by atoms with Crippen LogP contribution in [0.1, 0.15) is 39.0 Å². The highest BCUT2D eigenvalue weighted by Crippen LogP contribution is 2.23. The summed E-state index contributed by atoms with van der Waals surface area (Å²) in [5, 5.41) is 3.25. The van der Waals surface area contributed by atoms with E-state index in [1.807, 2.05) is 17.0 Å². The molecule has 0 spiro atoms. The van der Waals surface area contributed by atoms with Gasteiger partial charge in [-0.15, -0.1) is 0 Å². The molecule has 1 aromatic rings. The van der Waals surface area contributed by atoms with Crippen molar-refractivity contribution < 1.29 is 9.53 Å². The Balaban J connectivity index is 1.48. The SMILES string of the molecule is COc1ccc(N2CCC(NC(=O)N3CCCC[C@H]3C)CC2)cc1. The summed E-state index contributed by atoms with van der Waals surface area (Å²) >= 11 is 0. The van der Waals surface area contributed by atoms with E-state index in [2.05, 4.69) is 29.3 Å². The molecule has 0 radical (unpaired) electrons. The molecule has 5 nitrogen and oxygen atoms in total. The Labute approximate surface area is 145 Å². The number of amides is 2. The summed E-state index contributed by atoms with van der Waals surface area (Å²) in [5.41, 5.74) is 1.23. The van der Waals surface area contributed by atoms with Crippen LogP contribution in [0.2, 0.25) is 0 Å². The summed E-state index contributed by atoms with van der Waals surface area (Å²) in [4.78, 5) is 16.9. The van der Waals surface area contributed by atoms with Crippen LogP contribution in [-0.2, 0) is 0 Å². The number of piperidine rings is 2.